The van der Waals surface area contributed by atoms with E-state index in [-0.39, 0.29) is 11.2 Å². The highest BCUT2D eigenvalue weighted by Crippen LogP contribution is 2.24. The molecule has 4 nitrogen and oxygen atoms in total. The van der Waals surface area contributed by atoms with Crippen LogP contribution in [0.4, 0.5) is 0 Å². The molecule has 0 heterocycles. The third-order valence-electron chi connectivity index (χ3n) is 2.79. The highest BCUT2D eigenvalue weighted by Gasteiger charge is 2.20. The quantitative estimate of drug-likeness (QED) is 0.413. The fourth-order valence-corrected chi connectivity index (χ4v) is 2.11. The van der Waals surface area contributed by atoms with E-state index in [1.807, 2.05) is 18.2 Å². The van der Waals surface area contributed by atoms with Crippen molar-refractivity contribution in [2.75, 3.05) is 6.61 Å². The number of para-hydroxylation sites is 1. The largest absolute Gasteiger partial charge is 0.455 e. The van der Waals surface area contributed by atoms with Crippen molar-refractivity contribution in [2.24, 2.45) is 11.3 Å². The van der Waals surface area contributed by atoms with Crippen molar-refractivity contribution in [1.82, 2.24) is 0 Å². The van der Waals surface area contributed by atoms with E-state index in [1.54, 1.807) is 12.1 Å². The zero-order valence-electron chi connectivity index (χ0n) is 13.6. The molecule has 2 unspecified atom stereocenters. The minimum atomic E-state index is -1.03. The van der Waals surface area contributed by atoms with Crippen LogP contribution in [-0.2, 0) is 14.6 Å². The fraction of sp³-hybridized carbons (Fsp3) is 0.588. The number of carbonyl (C=O) groups excluding carboxylic acids is 1. The second-order valence-electron chi connectivity index (χ2n) is 6.62. The average Bonchev–Trinajstić information content (AvgIpc) is 2.36. The van der Waals surface area contributed by atoms with Crippen molar-refractivity contribution in [3.63, 3.8) is 0 Å². The number of ketones is 1. The first-order valence-corrected chi connectivity index (χ1v) is 7.28. The van der Waals surface area contributed by atoms with Gasteiger partial charge in [0.1, 0.15) is 5.75 Å². The lowest BCUT2D eigenvalue weighted by Crippen LogP contribution is -2.29. The van der Waals surface area contributed by atoms with Crippen LogP contribution in [0.25, 0.3) is 0 Å². The molecule has 0 amide bonds. The maximum atomic E-state index is 11.5. The molecule has 2 atom stereocenters. The summed E-state index contributed by atoms with van der Waals surface area (Å²) in [4.78, 5) is 21.8. The van der Waals surface area contributed by atoms with Gasteiger partial charge in [-0.2, -0.15) is 4.89 Å². The van der Waals surface area contributed by atoms with Gasteiger partial charge in [-0.15, -0.1) is 0 Å². The topological polar surface area (TPSA) is 44.8 Å². The van der Waals surface area contributed by atoms with E-state index < -0.39 is 6.29 Å². The summed E-state index contributed by atoms with van der Waals surface area (Å²) < 4.78 is 5.46. The highest BCUT2D eigenvalue weighted by molar-refractivity contribution is 5.79. The predicted octanol–water partition coefficient (Wildman–Crippen LogP) is 4.00. The third-order valence-corrected chi connectivity index (χ3v) is 2.79. The monoisotopic (exact) mass is 294 g/mol. The molecule has 0 fully saturated rings. The standard InChI is InChI=1S/C17H26O4/c1-13(11-17(3,4)5)12-19-21-16(14(2)18)20-15-9-7-6-8-10-15/h6-10,13,16H,11-12H2,1-5H3. The molecular formula is C17H26O4. The van der Waals surface area contributed by atoms with Gasteiger partial charge in [0, 0.05) is 6.92 Å². The van der Waals surface area contributed by atoms with Crippen molar-refractivity contribution in [3.8, 4) is 5.75 Å². The minimum Gasteiger partial charge on any atom is -0.455 e. The molecule has 0 saturated heterocycles. The van der Waals surface area contributed by atoms with Crippen molar-refractivity contribution >= 4 is 5.78 Å². The maximum Gasteiger partial charge on any atom is 0.288 e. The highest BCUT2D eigenvalue weighted by atomic mass is 17.2. The molecule has 0 spiro atoms. The second kappa shape index (κ2) is 8.15. The molecular weight excluding hydrogens is 268 g/mol. The van der Waals surface area contributed by atoms with Gasteiger partial charge in [0.15, 0.2) is 0 Å². The van der Waals surface area contributed by atoms with Gasteiger partial charge in [0.05, 0.1) is 6.61 Å². The van der Waals surface area contributed by atoms with E-state index in [0.717, 1.165) is 6.42 Å². The number of Topliss-reactive ketones (excluding diaryl/α,β-unsaturated/α-hetero) is 1. The molecule has 1 aromatic rings. The lowest BCUT2D eigenvalue weighted by molar-refractivity contribution is -0.354. The van der Waals surface area contributed by atoms with Crippen molar-refractivity contribution in [2.45, 2.75) is 47.3 Å². The molecule has 21 heavy (non-hydrogen) atoms. The molecule has 0 radical (unpaired) electrons. The van der Waals surface area contributed by atoms with Crippen LogP contribution in [0.2, 0.25) is 0 Å². The van der Waals surface area contributed by atoms with Crippen molar-refractivity contribution in [3.05, 3.63) is 30.3 Å². The summed E-state index contributed by atoms with van der Waals surface area (Å²) in [5.74, 6) is 0.681. The average molecular weight is 294 g/mol. The van der Waals surface area contributed by atoms with Crippen LogP contribution in [-0.4, -0.2) is 18.7 Å². The van der Waals surface area contributed by atoms with E-state index in [9.17, 15) is 4.79 Å². The Morgan fingerprint density at radius 3 is 2.33 bits per heavy atom. The zero-order valence-corrected chi connectivity index (χ0v) is 13.6. The number of carbonyl (C=O) groups is 1. The van der Waals surface area contributed by atoms with E-state index >= 15 is 0 Å². The second-order valence-corrected chi connectivity index (χ2v) is 6.62. The molecule has 1 aromatic carbocycles. The molecule has 1 rings (SSSR count). The van der Waals surface area contributed by atoms with Gasteiger partial charge in [-0.25, -0.2) is 4.89 Å². The summed E-state index contributed by atoms with van der Waals surface area (Å²) >= 11 is 0. The number of hydrogen-bond acceptors (Lipinski definition) is 4. The Morgan fingerprint density at radius 1 is 1.19 bits per heavy atom. The van der Waals surface area contributed by atoms with Gasteiger partial charge in [0.25, 0.3) is 6.29 Å². The molecule has 0 saturated carbocycles. The van der Waals surface area contributed by atoms with Crippen molar-refractivity contribution in [1.29, 1.82) is 0 Å². The molecule has 0 N–H and O–H groups in total. The molecule has 0 aliphatic carbocycles. The lowest BCUT2D eigenvalue weighted by atomic mass is 9.86. The Kier molecular flexibility index (Phi) is 6.85. The normalized spacial score (nSPS) is 14.5. The lowest BCUT2D eigenvalue weighted by Gasteiger charge is -2.23. The first-order valence-electron chi connectivity index (χ1n) is 7.28. The Bertz CT molecular complexity index is 422. The number of hydrogen-bond donors (Lipinski definition) is 0. The van der Waals surface area contributed by atoms with Gasteiger partial charge in [-0.1, -0.05) is 45.9 Å². The first kappa shape index (κ1) is 17.7. The van der Waals surface area contributed by atoms with Crippen LogP contribution in [0.3, 0.4) is 0 Å². The summed E-state index contributed by atoms with van der Waals surface area (Å²) in [7, 11) is 0. The predicted molar refractivity (Wildman–Crippen MR) is 81.8 cm³/mol. The van der Waals surface area contributed by atoms with Gasteiger partial charge in [0.2, 0.25) is 5.78 Å². The van der Waals surface area contributed by atoms with Crippen LogP contribution in [0.5, 0.6) is 5.75 Å². The summed E-state index contributed by atoms with van der Waals surface area (Å²) in [6.07, 6.45) is -0.0186. The summed E-state index contributed by atoms with van der Waals surface area (Å²) in [5.41, 5.74) is 0.239. The number of benzene rings is 1. The third kappa shape index (κ3) is 7.83. The Morgan fingerprint density at radius 2 is 1.81 bits per heavy atom. The van der Waals surface area contributed by atoms with Crippen LogP contribution in [0.15, 0.2) is 30.3 Å². The van der Waals surface area contributed by atoms with Crippen LogP contribution < -0.4 is 4.74 Å². The summed E-state index contributed by atoms with van der Waals surface area (Å²) in [6, 6.07) is 9.07. The van der Waals surface area contributed by atoms with E-state index in [1.165, 1.54) is 6.92 Å². The van der Waals surface area contributed by atoms with E-state index in [2.05, 4.69) is 27.7 Å². The van der Waals surface area contributed by atoms with Crippen LogP contribution in [0.1, 0.15) is 41.0 Å². The zero-order chi connectivity index (χ0) is 15.9. The SMILES string of the molecule is CC(=O)C(OOCC(C)CC(C)(C)C)Oc1ccccc1. The Balaban J connectivity index is 2.40. The van der Waals surface area contributed by atoms with Crippen LogP contribution >= 0.6 is 0 Å². The minimum absolute atomic E-state index is 0.234. The van der Waals surface area contributed by atoms with Crippen LogP contribution in [0, 0.1) is 11.3 Å². The molecule has 118 valence electrons. The van der Waals surface area contributed by atoms with E-state index in [0.29, 0.717) is 18.3 Å². The summed E-state index contributed by atoms with van der Waals surface area (Å²) in [6.45, 7) is 10.5. The van der Waals surface area contributed by atoms with Gasteiger partial charge >= 0.3 is 0 Å². The fourth-order valence-electron chi connectivity index (χ4n) is 2.11. The Labute approximate surface area is 127 Å². The van der Waals surface area contributed by atoms with E-state index in [4.69, 9.17) is 14.5 Å². The van der Waals surface area contributed by atoms with Gasteiger partial charge in [-0.05, 0) is 29.9 Å². The molecule has 0 bridgehead atoms. The van der Waals surface area contributed by atoms with Gasteiger partial charge in [-0.3, -0.25) is 4.79 Å². The summed E-state index contributed by atoms with van der Waals surface area (Å²) in [5, 5.41) is 0. The van der Waals surface area contributed by atoms with Crippen molar-refractivity contribution < 1.29 is 19.3 Å². The molecule has 4 heteroatoms. The van der Waals surface area contributed by atoms with Gasteiger partial charge < -0.3 is 4.74 Å². The maximum absolute atomic E-state index is 11.5. The molecule has 0 aliphatic rings. The smallest absolute Gasteiger partial charge is 0.288 e. The number of ether oxygens (including phenoxy) is 1. The number of rotatable bonds is 8. The first-order chi connectivity index (χ1) is 9.78. The Hall–Kier alpha value is -1.39. The molecule has 0 aromatic heterocycles. The molecule has 0 aliphatic heterocycles.